The fraction of sp³-hybridized carbons (Fsp3) is 0.533. The van der Waals surface area contributed by atoms with Crippen LogP contribution in [0.1, 0.15) is 38.4 Å². The number of H-pyrrole nitrogens is 1. The van der Waals surface area contributed by atoms with E-state index in [1.54, 1.807) is 0 Å². The van der Waals surface area contributed by atoms with Crippen molar-refractivity contribution in [1.82, 2.24) is 15.3 Å². The van der Waals surface area contributed by atoms with Gasteiger partial charge >= 0.3 is 0 Å². The van der Waals surface area contributed by atoms with E-state index < -0.39 is 0 Å². The second-order valence-electron chi connectivity index (χ2n) is 5.51. The fourth-order valence-electron chi connectivity index (χ4n) is 2.63. The molecule has 19 heavy (non-hydrogen) atoms. The zero-order valence-electron chi connectivity index (χ0n) is 11.6. The molecule has 1 aliphatic heterocycles. The molecule has 0 saturated carbocycles. The minimum Gasteiger partial charge on any atom is -0.491 e. The summed E-state index contributed by atoms with van der Waals surface area (Å²) in [5.74, 6) is 2.51. The summed E-state index contributed by atoms with van der Waals surface area (Å²) in [5.41, 5.74) is 2.09. The smallest absolute Gasteiger partial charge is 0.121 e. The third-order valence-electron chi connectivity index (χ3n) is 3.53. The summed E-state index contributed by atoms with van der Waals surface area (Å²) in [4.78, 5) is 8.15. The van der Waals surface area contributed by atoms with Gasteiger partial charge in [-0.2, -0.15) is 0 Å². The summed E-state index contributed by atoms with van der Waals surface area (Å²) in [6.07, 6.45) is 2.63. The van der Waals surface area contributed by atoms with E-state index in [1.807, 2.05) is 32.0 Å². The molecule has 1 aromatic carbocycles. The number of nitrogens with zero attached hydrogens (tertiary/aromatic N) is 1. The Morgan fingerprint density at radius 1 is 1.37 bits per heavy atom. The van der Waals surface area contributed by atoms with Crippen LogP contribution in [0.2, 0.25) is 0 Å². The molecule has 1 aliphatic rings. The van der Waals surface area contributed by atoms with Crippen molar-refractivity contribution in [1.29, 1.82) is 0 Å². The highest BCUT2D eigenvalue weighted by molar-refractivity contribution is 5.76. The van der Waals surface area contributed by atoms with E-state index in [2.05, 4.69) is 10.3 Å². The predicted octanol–water partition coefficient (Wildman–Crippen LogP) is 2.82. The number of hydrogen-bond acceptors (Lipinski definition) is 3. The molecule has 102 valence electrons. The number of imidazole rings is 1. The first-order valence-corrected chi connectivity index (χ1v) is 7.09. The van der Waals surface area contributed by atoms with Crippen LogP contribution in [0, 0.1) is 0 Å². The second-order valence-corrected chi connectivity index (χ2v) is 5.51. The molecule has 2 aromatic rings. The van der Waals surface area contributed by atoms with Gasteiger partial charge in [0.2, 0.25) is 0 Å². The Morgan fingerprint density at radius 2 is 2.26 bits per heavy atom. The first-order chi connectivity index (χ1) is 9.22. The Bertz CT molecular complexity index is 556. The maximum atomic E-state index is 5.72. The molecule has 0 aliphatic carbocycles. The number of nitrogens with one attached hydrogen (secondary N) is 2. The van der Waals surface area contributed by atoms with E-state index in [1.165, 1.54) is 12.8 Å². The van der Waals surface area contributed by atoms with Crippen molar-refractivity contribution in [3.8, 4) is 5.75 Å². The molecule has 4 nitrogen and oxygen atoms in total. The number of benzene rings is 1. The quantitative estimate of drug-likeness (QED) is 0.891. The fourth-order valence-corrected chi connectivity index (χ4v) is 2.63. The monoisotopic (exact) mass is 259 g/mol. The van der Waals surface area contributed by atoms with Crippen molar-refractivity contribution in [2.24, 2.45) is 0 Å². The number of aromatic amines is 1. The highest BCUT2D eigenvalue weighted by atomic mass is 16.5. The molecule has 0 bridgehead atoms. The topological polar surface area (TPSA) is 49.9 Å². The molecule has 1 saturated heterocycles. The van der Waals surface area contributed by atoms with E-state index in [0.29, 0.717) is 5.92 Å². The molecule has 0 amide bonds. The van der Waals surface area contributed by atoms with Crippen LogP contribution in [-0.2, 0) is 0 Å². The van der Waals surface area contributed by atoms with Gasteiger partial charge in [0.25, 0.3) is 0 Å². The van der Waals surface area contributed by atoms with Gasteiger partial charge in [0.15, 0.2) is 0 Å². The zero-order chi connectivity index (χ0) is 13.2. The van der Waals surface area contributed by atoms with Crippen LogP contribution in [0.25, 0.3) is 11.0 Å². The second kappa shape index (κ2) is 5.21. The van der Waals surface area contributed by atoms with E-state index in [0.717, 1.165) is 35.7 Å². The summed E-state index contributed by atoms with van der Waals surface area (Å²) in [6, 6.07) is 6.07. The standard InChI is InChI=1S/C15H21N3O/c1-10(2)19-12-5-6-13-14(8-12)18-15(17-13)11-4-3-7-16-9-11/h5-6,8,10-11,16H,3-4,7,9H2,1-2H3,(H,17,18). The van der Waals surface area contributed by atoms with Crippen LogP contribution >= 0.6 is 0 Å². The average molecular weight is 259 g/mol. The van der Waals surface area contributed by atoms with Gasteiger partial charge in [0, 0.05) is 18.5 Å². The summed E-state index contributed by atoms with van der Waals surface area (Å²) in [6.45, 7) is 6.23. The Kier molecular flexibility index (Phi) is 3.42. The van der Waals surface area contributed by atoms with E-state index in [4.69, 9.17) is 9.72 Å². The molecule has 2 N–H and O–H groups in total. The Morgan fingerprint density at radius 3 is 3.00 bits per heavy atom. The lowest BCUT2D eigenvalue weighted by molar-refractivity contribution is 0.242. The maximum absolute atomic E-state index is 5.72. The van der Waals surface area contributed by atoms with Crippen molar-refractivity contribution >= 4 is 11.0 Å². The zero-order valence-corrected chi connectivity index (χ0v) is 11.6. The third-order valence-corrected chi connectivity index (χ3v) is 3.53. The lowest BCUT2D eigenvalue weighted by atomic mass is 9.99. The summed E-state index contributed by atoms with van der Waals surface area (Å²) >= 11 is 0. The van der Waals surface area contributed by atoms with Crippen LogP contribution in [0.5, 0.6) is 5.75 Å². The van der Waals surface area contributed by atoms with Gasteiger partial charge < -0.3 is 15.0 Å². The van der Waals surface area contributed by atoms with Gasteiger partial charge in [-0.15, -0.1) is 0 Å². The molecule has 4 heteroatoms. The van der Waals surface area contributed by atoms with Crippen molar-refractivity contribution in [2.75, 3.05) is 13.1 Å². The van der Waals surface area contributed by atoms with E-state index >= 15 is 0 Å². The Balaban J connectivity index is 1.87. The molecule has 1 atom stereocenters. The summed E-state index contributed by atoms with van der Waals surface area (Å²) in [5, 5.41) is 3.43. The van der Waals surface area contributed by atoms with Gasteiger partial charge in [-0.05, 0) is 45.4 Å². The largest absolute Gasteiger partial charge is 0.491 e. The van der Waals surface area contributed by atoms with Crippen molar-refractivity contribution in [3.05, 3.63) is 24.0 Å². The minimum atomic E-state index is 0.197. The van der Waals surface area contributed by atoms with Crippen LogP contribution in [-0.4, -0.2) is 29.2 Å². The Labute approximate surface area is 113 Å². The molecule has 1 aromatic heterocycles. The van der Waals surface area contributed by atoms with E-state index in [9.17, 15) is 0 Å². The van der Waals surface area contributed by atoms with Gasteiger partial charge in [0.1, 0.15) is 11.6 Å². The van der Waals surface area contributed by atoms with Gasteiger partial charge in [-0.25, -0.2) is 4.98 Å². The SMILES string of the molecule is CC(C)Oc1ccc2nc(C3CCCNC3)[nH]c2c1. The van der Waals surface area contributed by atoms with Crippen molar-refractivity contribution in [3.63, 3.8) is 0 Å². The van der Waals surface area contributed by atoms with Crippen molar-refractivity contribution in [2.45, 2.75) is 38.7 Å². The summed E-state index contributed by atoms with van der Waals surface area (Å²) in [7, 11) is 0. The van der Waals surface area contributed by atoms with Crippen LogP contribution < -0.4 is 10.1 Å². The number of fused-ring (bicyclic) bond motifs is 1. The first kappa shape index (κ1) is 12.5. The number of rotatable bonds is 3. The van der Waals surface area contributed by atoms with Gasteiger partial charge in [0.05, 0.1) is 17.1 Å². The molecule has 1 unspecified atom stereocenters. The van der Waals surface area contributed by atoms with Crippen LogP contribution in [0.4, 0.5) is 0 Å². The lowest BCUT2D eigenvalue weighted by Gasteiger charge is -2.20. The molecule has 1 fully saturated rings. The average Bonchev–Trinajstić information content (AvgIpc) is 2.82. The van der Waals surface area contributed by atoms with Gasteiger partial charge in [-0.1, -0.05) is 0 Å². The predicted molar refractivity (Wildman–Crippen MR) is 76.7 cm³/mol. The molecule has 3 rings (SSSR count). The normalized spacial score (nSPS) is 20.1. The summed E-state index contributed by atoms with van der Waals surface area (Å²) < 4.78 is 5.72. The van der Waals surface area contributed by atoms with Crippen molar-refractivity contribution < 1.29 is 4.74 Å². The highest BCUT2D eigenvalue weighted by Gasteiger charge is 2.18. The number of piperidine rings is 1. The molecule has 0 radical (unpaired) electrons. The molecule has 0 spiro atoms. The highest BCUT2D eigenvalue weighted by Crippen LogP contribution is 2.25. The molecular weight excluding hydrogens is 238 g/mol. The Hall–Kier alpha value is -1.55. The lowest BCUT2D eigenvalue weighted by Crippen LogP contribution is -2.28. The molecule has 2 heterocycles. The van der Waals surface area contributed by atoms with Gasteiger partial charge in [-0.3, -0.25) is 0 Å². The first-order valence-electron chi connectivity index (χ1n) is 7.09. The minimum absolute atomic E-state index is 0.197. The van der Waals surface area contributed by atoms with E-state index in [-0.39, 0.29) is 6.10 Å². The third kappa shape index (κ3) is 2.73. The van der Waals surface area contributed by atoms with Crippen LogP contribution in [0.3, 0.4) is 0 Å². The number of hydrogen-bond donors (Lipinski definition) is 2. The maximum Gasteiger partial charge on any atom is 0.121 e. The number of aromatic nitrogens is 2. The molecular formula is C15H21N3O. The number of ether oxygens (including phenoxy) is 1. The van der Waals surface area contributed by atoms with Crippen LogP contribution in [0.15, 0.2) is 18.2 Å².